The average molecular weight is 345 g/mol. The molecule has 26 heavy (non-hydrogen) atoms. The van der Waals surface area contributed by atoms with Gasteiger partial charge < -0.3 is 9.84 Å². The topological polar surface area (TPSA) is 77.2 Å². The Kier molecular flexibility index (Phi) is 3.85. The molecule has 0 fully saturated rings. The Hall–Kier alpha value is -3.67. The van der Waals surface area contributed by atoms with Crippen LogP contribution in [0.5, 0.6) is 11.5 Å². The number of hydrogen-bond acceptors (Lipinski definition) is 4. The molecule has 128 valence electrons. The molecule has 0 aliphatic rings. The number of carboxylic acids is 1. The Bertz CT molecular complexity index is 1120. The zero-order valence-electron chi connectivity index (χ0n) is 14.0. The average Bonchev–Trinajstić information content (AvgIpc) is 3.03. The molecule has 1 N–H and O–H groups in total. The number of benzene rings is 3. The van der Waals surface area contributed by atoms with Gasteiger partial charge in [0.05, 0.1) is 5.52 Å². The fourth-order valence-electron chi connectivity index (χ4n) is 2.82. The van der Waals surface area contributed by atoms with Crippen molar-refractivity contribution in [2.75, 3.05) is 0 Å². The van der Waals surface area contributed by atoms with Crippen LogP contribution in [0.4, 0.5) is 0 Å². The van der Waals surface area contributed by atoms with Gasteiger partial charge in [-0.1, -0.05) is 35.5 Å². The Balaban J connectivity index is 1.69. The summed E-state index contributed by atoms with van der Waals surface area (Å²) in [5.74, 6) is -0.151. The van der Waals surface area contributed by atoms with Gasteiger partial charge in [0.25, 0.3) is 0 Å². The second-order valence-electron chi connectivity index (χ2n) is 5.85. The zero-order chi connectivity index (χ0) is 18.1. The molecule has 0 saturated heterocycles. The number of aromatic carboxylic acids is 1. The molecule has 4 aromatic rings. The van der Waals surface area contributed by atoms with E-state index in [2.05, 4.69) is 10.3 Å². The highest BCUT2D eigenvalue weighted by atomic mass is 16.5. The number of carbonyl (C=O) groups is 1. The maximum absolute atomic E-state index is 11.3. The van der Waals surface area contributed by atoms with E-state index in [0.717, 1.165) is 22.2 Å². The lowest BCUT2D eigenvalue weighted by atomic mass is 10.0. The first kappa shape index (κ1) is 15.8. The number of hydrogen-bond donors (Lipinski definition) is 1. The second kappa shape index (κ2) is 6.33. The molecule has 1 heterocycles. The lowest BCUT2D eigenvalue weighted by molar-refractivity contribution is 0.0694. The standard InChI is InChI=1S/C20H15N3O3/c1-23-18-10-9-14(12-17(18)21-22-23)13-5-4-6-15(11-13)26-19-8-3-2-7-16(19)20(24)25/h2-12H,1H3,(H,24,25). The highest BCUT2D eigenvalue weighted by molar-refractivity contribution is 5.91. The minimum Gasteiger partial charge on any atom is -0.478 e. The van der Waals surface area contributed by atoms with Gasteiger partial charge in [0.15, 0.2) is 0 Å². The number of carboxylic acid groups (broad SMARTS) is 1. The number of aryl methyl sites for hydroxylation is 1. The van der Waals surface area contributed by atoms with E-state index >= 15 is 0 Å². The van der Waals surface area contributed by atoms with Crippen LogP contribution in [0.1, 0.15) is 10.4 Å². The molecule has 0 amide bonds. The smallest absolute Gasteiger partial charge is 0.339 e. The molecule has 0 bridgehead atoms. The Morgan fingerprint density at radius 3 is 2.65 bits per heavy atom. The van der Waals surface area contributed by atoms with E-state index in [0.29, 0.717) is 11.5 Å². The van der Waals surface area contributed by atoms with E-state index < -0.39 is 5.97 Å². The lowest BCUT2D eigenvalue weighted by Gasteiger charge is -2.10. The van der Waals surface area contributed by atoms with Gasteiger partial charge >= 0.3 is 5.97 Å². The monoisotopic (exact) mass is 345 g/mol. The number of ether oxygens (including phenoxy) is 1. The third-order valence-electron chi connectivity index (χ3n) is 4.12. The van der Waals surface area contributed by atoms with E-state index in [-0.39, 0.29) is 5.56 Å². The van der Waals surface area contributed by atoms with Crippen LogP contribution in [-0.2, 0) is 7.05 Å². The van der Waals surface area contributed by atoms with E-state index in [1.807, 2.05) is 43.4 Å². The predicted molar refractivity (Wildman–Crippen MR) is 97.4 cm³/mol. The number of nitrogens with zero attached hydrogens (tertiary/aromatic N) is 3. The van der Waals surface area contributed by atoms with Gasteiger partial charge in [0.1, 0.15) is 22.6 Å². The summed E-state index contributed by atoms with van der Waals surface area (Å²) in [7, 11) is 1.85. The predicted octanol–water partition coefficient (Wildman–Crippen LogP) is 4.13. The third kappa shape index (κ3) is 2.88. The van der Waals surface area contributed by atoms with Crippen LogP contribution in [0.25, 0.3) is 22.2 Å². The molecule has 1 aromatic heterocycles. The zero-order valence-corrected chi connectivity index (χ0v) is 14.0. The number of aromatic nitrogens is 3. The summed E-state index contributed by atoms with van der Waals surface area (Å²) in [5, 5.41) is 17.4. The highest BCUT2D eigenvalue weighted by Gasteiger charge is 2.11. The molecule has 0 atom stereocenters. The van der Waals surface area contributed by atoms with Crippen molar-refractivity contribution >= 4 is 17.0 Å². The first-order chi connectivity index (χ1) is 12.6. The summed E-state index contributed by atoms with van der Waals surface area (Å²) in [6.45, 7) is 0. The first-order valence-electron chi connectivity index (χ1n) is 8.02. The fraction of sp³-hybridized carbons (Fsp3) is 0.0500. The van der Waals surface area contributed by atoms with Gasteiger partial charge in [-0.05, 0) is 47.5 Å². The SMILES string of the molecule is Cn1nnc2cc(-c3cccc(Oc4ccccc4C(=O)O)c3)ccc21. The van der Waals surface area contributed by atoms with Crippen molar-refractivity contribution in [2.45, 2.75) is 0 Å². The van der Waals surface area contributed by atoms with Crippen molar-refractivity contribution in [2.24, 2.45) is 7.05 Å². The summed E-state index contributed by atoms with van der Waals surface area (Å²) in [6, 6.07) is 20.0. The van der Waals surface area contributed by atoms with Crippen LogP contribution >= 0.6 is 0 Å². The summed E-state index contributed by atoms with van der Waals surface area (Å²) < 4.78 is 7.54. The van der Waals surface area contributed by atoms with Crippen molar-refractivity contribution in [3.8, 4) is 22.6 Å². The van der Waals surface area contributed by atoms with Gasteiger partial charge in [0.2, 0.25) is 0 Å². The first-order valence-corrected chi connectivity index (χ1v) is 8.02. The van der Waals surface area contributed by atoms with Gasteiger partial charge in [-0.25, -0.2) is 9.48 Å². The van der Waals surface area contributed by atoms with Crippen molar-refractivity contribution in [1.29, 1.82) is 0 Å². The van der Waals surface area contributed by atoms with Gasteiger partial charge in [0, 0.05) is 7.05 Å². The molecule has 3 aromatic carbocycles. The minimum atomic E-state index is -1.02. The number of rotatable bonds is 4. The second-order valence-corrected chi connectivity index (χ2v) is 5.85. The molecule has 0 saturated carbocycles. The third-order valence-corrected chi connectivity index (χ3v) is 4.12. The summed E-state index contributed by atoms with van der Waals surface area (Å²) in [6.07, 6.45) is 0. The van der Waals surface area contributed by atoms with E-state index in [4.69, 9.17) is 4.74 Å². The number of fused-ring (bicyclic) bond motifs is 1. The van der Waals surface area contributed by atoms with Gasteiger partial charge in [-0.15, -0.1) is 5.10 Å². The Morgan fingerprint density at radius 2 is 1.81 bits per heavy atom. The summed E-state index contributed by atoms with van der Waals surface area (Å²) in [5.41, 5.74) is 3.82. The van der Waals surface area contributed by atoms with Crippen LogP contribution in [0.2, 0.25) is 0 Å². The molecule has 0 aliphatic carbocycles. The minimum absolute atomic E-state index is 0.124. The van der Waals surface area contributed by atoms with Crippen molar-refractivity contribution in [3.05, 3.63) is 72.3 Å². The van der Waals surface area contributed by atoms with Crippen molar-refractivity contribution < 1.29 is 14.6 Å². The van der Waals surface area contributed by atoms with Crippen molar-refractivity contribution in [1.82, 2.24) is 15.0 Å². The molecule has 0 unspecified atom stereocenters. The van der Waals surface area contributed by atoms with E-state index in [1.165, 1.54) is 6.07 Å². The number of para-hydroxylation sites is 1. The van der Waals surface area contributed by atoms with E-state index in [9.17, 15) is 9.90 Å². The van der Waals surface area contributed by atoms with E-state index in [1.54, 1.807) is 28.9 Å². The normalized spacial score (nSPS) is 10.8. The molecule has 6 heteroatoms. The molecular formula is C20H15N3O3. The molecule has 6 nitrogen and oxygen atoms in total. The Morgan fingerprint density at radius 1 is 1.00 bits per heavy atom. The molecule has 0 spiro atoms. The maximum atomic E-state index is 11.3. The molecule has 4 rings (SSSR count). The van der Waals surface area contributed by atoms with Gasteiger partial charge in [-0.3, -0.25) is 0 Å². The Labute approximate surface area is 149 Å². The maximum Gasteiger partial charge on any atom is 0.339 e. The van der Waals surface area contributed by atoms with Crippen molar-refractivity contribution in [3.63, 3.8) is 0 Å². The molecule has 0 aliphatic heterocycles. The van der Waals surface area contributed by atoms with Crippen LogP contribution in [0.3, 0.4) is 0 Å². The van der Waals surface area contributed by atoms with Crippen LogP contribution in [0, 0.1) is 0 Å². The molecule has 0 radical (unpaired) electrons. The summed E-state index contributed by atoms with van der Waals surface area (Å²) >= 11 is 0. The fourth-order valence-corrected chi connectivity index (χ4v) is 2.82. The van der Waals surface area contributed by atoms with Gasteiger partial charge in [-0.2, -0.15) is 0 Å². The largest absolute Gasteiger partial charge is 0.478 e. The quantitative estimate of drug-likeness (QED) is 0.602. The summed E-state index contributed by atoms with van der Waals surface area (Å²) in [4.78, 5) is 11.3. The molecular weight excluding hydrogens is 330 g/mol. The van der Waals surface area contributed by atoms with Crippen LogP contribution < -0.4 is 4.74 Å². The van der Waals surface area contributed by atoms with Crippen LogP contribution in [0.15, 0.2) is 66.7 Å². The lowest BCUT2D eigenvalue weighted by Crippen LogP contribution is -1.99. The highest BCUT2D eigenvalue weighted by Crippen LogP contribution is 2.30. The van der Waals surface area contributed by atoms with Crippen LogP contribution in [-0.4, -0.2) is 26.1 Å².